The molecule has 2 unspecified atom stereocenters. The molecule has 0 aromatic carbocycles. The first kappa shape index (κ1) is 26.9. The third kappa shape index (κ3) is 6.84. The van der Waals surface area contributed by atoms with Gasteiger partial charge in [0, 0.05) is 0 Å². The highest BCUT2D eigenvalue weighted by molar-refractivity contribution is 5.42. The Labute approximate surface area is 185 Å². The molecule has 0 saturated heterocycles. The zero-order valence-corrected chi connectivity index (χ0v) is 18.5. The Balaban J connectivity index is 1.82. The predicted octanol–water partition coefficient (Wildman–Crippen LogP) is 8.57. The second kappa shape index (κ2) is 11.7. The molecular formula is C24H33F7O. The maximum atomic E-state index is 13.7. The molecule has 184 valence electrons. The highest BCUT2D eigenvalue weighted by Crippen LogP contribution is 2.47. The topological polar surface area (TPSA) is 9.23 Å². The summed E-state index contributed by atoms with van der Waals surface area (Å²) in [6.07, 6.45) is 10.8. The van der Waals surface area contributed by atoms with E-state index in [2.05, 4.69) is 17.7 Å². The summed E-state index contributed by atoms with van der Waals surface area (Å²) in [5, 5.41) is 0. The number of hydrogen-bond acceptors (Lipinski definition) is 1. The van der Waals surface area contributed by atoms with Crippen molar-refractivity contribution in [1.82, 2.24) is 0 Å². The molecule has 2 rings (SSSR count). The standard InChI is InChI=1S/C24H33F7O/c1-2-3-4-5-6-7-8-18-9-11-19(12-10-18)20-13-15-21(16-14-20)32-24(30,31)23(28,29)22(26,27)17-25/h11,13-15,18,21H,2-10,12,16-17H2,1H3. The van der Waals surface area contributed by atoms with E-state index in [9.17, 15) is 30.7 Å². The SMILES string of the molecule is CCCCCCCCC1CC=C(C2=CCC(OC(F)(F)C(F)(F)C(F)(F)CF)C=C2)CC1. The minimum absolute atomic E-state index is 0.156. The summed E-state index contributed by atoms with van der Waals surface area (Å²) in [6, 6.07) is 0. The van der Waals surface area contributed by atoms with Crippen molar-refractivity contribution in [2.45, 2.75) is 102 Å². The molecule has 0 bridgehead atoms. The Hall–Kier alpha value is -1.31. The van der Waals surface area contributed by atoms with E-state index in [1.165, 1.54) is 51.0 Å². The van der Waals surface area contributed by atoms with Crippen LogP contribution in [-0.2, 0) is 4.74 Å². The Morgan fingerprint density at radius 3 is 2.19 bits per heavy atom. The maximum absolute atomic E-state index is 13.7. The molecule has 0 aromatic rings. The molecule has 2 atom stereocenters. The van der Waals surface area contributed by atoms with Crippen LogP contribution >= 0.6 is 0 Å². The Kier molecular flexibility index (Phi) is 9.85. The van der Waals surface area contributed by atoms with Crippen LogP contribution < -0.4 is 0 Å². The van der Waals surface area contributed by atoms with Crippen LogP contribution in [0.4, 0.5) is 30.7 Å². The van der Waals surface area contributed by atoms with E-state index in [-0.39, 0.29) is 6.42 Å². The number of rotatable bonds is 13. The number of alkyl halides is 7. The van der Waals surface area contributed by atoms with Crippen LogP contribution in [0.1, 0.15) is 77.6 Å². The number of ether oxygens (including phenoxy) is 1. The summed E-state index contributed by atoms with van der Waals surface area (Å²) >= 11 is 0. The van der Waals surface area contributed by atoms with Crippen LogP contribution in [0, 0.1) is 5.92 Å². The molecule has 0 amide bonds. The minimum atomic E-state index is -5.95. The Bertz CT molecular complexity index is 682. The molecule has 0 spiro atoms. The van der Waals surface area contributed by atoms with Gasteiger partial charge < -0.3 is 4.74 Å². The first-order valence-electron chi connectivity index (χ1n) is 11.5. The van der Waals surface area contributed by atoms with Gasteiger partial charge in [-0.25, -0.2) is 4.39 Å². The van der Waals surface area contributed by atoms with Crippen LogP contribution in [-0.4, -0.2) is 30.7 Å². The smallest absolute Gasteiger partial charge is 0.308 e. The van der Waals surface area contributed by atoms with Crippen molar-refractivity contribution < 1.29 is 35.5 Å². The van der Waals surface area contributed by atoms with Gasteiger partial charge in [0.05, 0.1) is 6.10 Å². The average Bonchev–Trinajstić information content (AvgIpc) is 2.76. The van der Waals surface area contributed by atoms with Gasteiger partial charge in [-0.15, -0.1) is 0 Å². The van der Waals surface area contributed by atoms with Gasteiger partial charge in [-0.1, -0.05) is 76.2 Å². The van der Waals surface area contributed by atoms with Crippen molar-refractivity contribution in [2.24, 2.45) is 5.92 Å². The number of halogens is 7. The van der Waals surface area contributed by atoms with Crippen LogP contribution in [0.2, 0.25) is 0 Å². The lowest BCUT2D eigenvalue weighted by Crippen LogP contribution is -2.57. The van der Waals surface area contributed by atoms with Crippen molar-refractivity contribution in [3.63, 3.8) is 0 Å². The summed E-state index contributed by atoms with van der Waals surface area (Å²) in [5.74, 6) is -10.8. The fraction of sp³-hybridized carbons (Fsp3) is 0.750. The first-order chi connectivity index (χ1) is 15.0. The zero-order valence-electron chi connectivity index (χ0n) is 18.5. The van der Waals surface area contributed by atoms with Crippen LogP contribution in [0.25, 0.3) is 0 Å². The molecule has 2 aliphatic carbocycles. The number of allylic oxidation sites excluding steroid dienone is 4. The molecule has 0 N–H and O–H groups in total. The van der Waals surface area contributed by atoms with Crippen molar-refractivity contribution in [2.75, 3.05) is 6.67 Å². The summed E-state index contributed by atoms with van der Waals surface area (Å²) in [4.78, 5) is 0. The molecule has 1 nitrogen and oxygen atoms in total. The van der Waals surface area contributed by atoms with E-state index in [1.807, 2.05) is 0 Å². The summed E-state index contributed by atoms with van der Waals surface area (Å²) in [7, 11) is 0. The summed E-state index contributed by atoms with van der Waals surface area (Å²) < 4.78 is 96.1. The molecule has 2 aliphatic rings. The van der Waals surface area contributed by atoms with Crippen molar-refractivity contribution >= 4 is 0 Å². The molecular weight excluding hydrogens is 437 g/mol. The maximum Gasteiger partial charge on any atom is 0.426 e. The number of hydrogen-bond donors (Lipinski definition) is 0. The lowest BCUT2D eigenvalue weighted by atomic mass is 9.82. The summed E-state index contributed by atoms with van der Waals surface area (Å²) in [5.41, 5.74) is 1.88. The van der Waals surface area contributed by atoms with Gasteiger partial charge in [0.15, 0.2) is 6.67 Å². The van der Waals surface area contributed by atoms with E-state index in [0.29, 0.717) is 5.92 Å². The second-order valence-electron chi connectivity index (χ2n) is 8.77. The lowest BCUT2D eigenvalue weighted by Gasteiger charge is -2.33. The van der Waals surface area contributed by atoms with E-state index >= 15 is 0 Å². The van der Waals surface area contributed by atoms with Crippen molar-refractivity contribution in [3.05, 3.63) is 35.5 Å². The highest BCUT2D eigenvalue weighted by Gasteiger charge is 2.73. The van der Waals surface area contributed by atoms with Crippen LogP contribution in [0.3, 0.4) is 0 Å². The minimum Gasteiger partial charge on any atom is -0.308 e. The van der Waals surface area contributed by atoms with E-state index < -0.39 is 30.7 Å². The van der Waals surface area contributed by atoms with Gasteiger partial charge in [0.25, 0.3) is 0 Å². The molecule has 8 heteroatoms. The van der Waals surface area contributed by atoms with Gasteiger partial charge in [0.2, 0.25) is 0 Å². The molecule has 0 radical (unpaired) electrons. The van der Waals surface area contributed by atoms with Gasteiger partial charge in [-0.3, -0.25) is 0 Å². The predicted molar refractivity (Wildman–Crippen MR) is 111 cm³/mol. The highest BCUT2D eigenvalue weighted by atomic mass is 19.4. The molecule has 0 fully saturated rings. The molecule has 0 aliphatic heterocycles. The zero-order chi connectivity index (χ0) is 23.8. The fourth-order valence-electron chi connectivity index (χ4n) is 4.11. The van der Waals surface area contributed by atoms with Gasteiger partial charge in [-0.2, -0.15) is 26.3 Å². The quantitative estimate of drug-likeness (QED) is 0.193. The molecule has 0 heterocycles. The first-order valence-corrected chi connectivity index (χ1v) is 11.5. The van der Waals surface area contributed by atoms with Gasteiger partial charge in [0.1, 0.15) is 0 Å². The molecule has 0 saturated carbocycles. The largest absolute Gasteiger partial charge is 0.426 e. The Morgan fingerprint density at radius 2 is 1.62 bits per heavy atom. The molecule has 0 aromatic heterocycles. The Morgan fingerprint density at radius 1 is 0.938 bits per heavy atom. The third-order valence-corrected chi connectivity index (χ3v) is 6.21. The van der Waals surface area contributed by atoms with Crippen molar-refractivity contribution in [3.8, 4) is 0 Å². The van der Waals surface area contributed by atoms with Crippen molar-refractivity contribution in [1.29, 1.82) is 0 Å². The average molecular weight is 471 g/mol. The van der Waals surface area contributed by atoms with E-state index in [1.54, 1.807) is 6.08 Å². The third-order valence-electron chi connectivity index (χ3n) is 6.21. The summed E-state index contributed by atoms with van der Waals surface area (Å²) in [6.45, 7) is -0.711. The number of unbranched alkanes of at least 4 members (excludes halogenated alkanes) is 5. The van der Waals surface area contributed by atoms with E-state index in [4.69, 9.17) is 0 Å². The van der Waals surface area contributed by atoms with Crippen LogP contribution in [0.5, 0.6) is 0 Å². The van der Waals surface area contributed by atoms with E-state index in [0.717, 1.165) is 36.5 Å². The molecule has 32 heavy (non-hydrogen) atoms. The normalized spacial score (nSPS) is 22.6. The fourth-order valence-corrected chi connectivity index (χ4v) is 4.11. The lowest BCUT2D eigenvalue weighted by molar-refractivity contribution is -0.405. The second-order valence-corrected chi connectivity index (χ2v) is 8.77. The van der Waals surface area contributed by atoms with Gasteiger partial charge >= 0.3 is 18.0 Å². The monoisotopic (exact) mass is 470 g/mol. The van der Waals surface area contributed by atoms with Gasteiger partial charge in [-0.05, 0) is 42.7 Å². The van der Waals surface area contributed by atoms with Crippen LogP contribution in [0.15, 0.2) is 35.5 Å².